The molecule has 8 aromatic carbocycles. The number of halogens is 8. The summed E-state index contributed by atoms with van der Waals surface area (Å²) in [6.45, 7) is 0. The molecule has 12 heteroatoms. The zero-order valence-electron chi connectivity index (χ0n) is 36.8. The molecule has 4 heterocycles. The van der Waals surface area contributed by atoms with Crippen LogP contribution in [0.25, 0.3) is 111 Å². The molecule has 71 heavy (non-hydrogen) atoms. The Morgan fingerprint density at radius 3 is 1.28 bits per heavy atom. The Morgan fingerprint density at radius 1 is 0.352 bits per heavy atom. The summed E-state index contributed by atoms with van der Waals surface area (Å²) in [5, 5.41) is 2.09. The van der Waals surface area contributed by atoms with E-state index < -0.39 is 63.3 Å². The average Bonchev–Trinajstić information content (AvgIpc) is 3.92. The lowest BCUT2D eigenvalue weighted by Crippen LogP contribution is -2.17. The third-order valence-electron chi connectivity index (χ3n) is 13.1. The second-order valence-electron chi connectivity index (χ2n) is 17.1. The first-order valence-electron chi connectivity index (χ1n) is 22.3. The summed E-state index contributed by atoms with van der Waals surface area (Å²) in [4.78, 5) is 9.09. The van der Waals surface area contributed by atoms with Crippen LogP contribution < -0.4 is 0 Å². The largest absolute Gasteiger partial charge is 0.420 e. The van der Waals surface area contributed by atoms with Crippen molar-refractivity contribution in [2.24, 2.45) is 0 Å². The zero-order chi connectivity index (χ0) is 48.7. The molecule has 4 nitrogen and oxygen atoms in total. The van der Waals surface area contributed by atoms with Crippen LogP contribution in [0.3, 0.4) is 0 Å². The van der Waals surface area contributed by atoms with E-state index in [1.54, 1.807) is 97.3 Å². The van der Waals surface area contributed by atoms with E-state index in [0.29, 0.717) is 43.8 Å². The molecule has 0 bridgehead atoms. The van der Waals surface area contributed by atoms with Crippen molar-refractivity contribution in [3.63, 3.8) is 0 Å². The zero-order valence-corrected chi connectivity index (χ0v) is 36.8. The molecule has 0 radical (unpaired) electrons. The lowest BCUT2D eigenvalue weighted by atomic mass is 9.95. The van der Waals surface area contributed by atoms with Gasteiger partial charge in [-0.3, -0.25) is 9.97 Å². The Balaban J connectivity index is 1.15. The monoisotopic (exact) mass is 948 g/mol. The fraction of sp³-hybridized carbons (Fsp3) is 0.0169. The summed E-state index contributed by atoms with van der Waals surface area (Å²) < 4.78 is 130. The number of para-hydroxylation sites is 2. The van der Waals surface area contributed by atoms with Gasteiger partial charge in [0.25, 0.3) is 0 Å². The highest BCUT2D eigenvalue weighted by Crippen LogP contribution is 2.49. The number of alkyl halides is 3. The summed E-state index contributed by atoms with van der Waals surface area (Å²) in [7, 11) is 0. The van der Waals surface area contributed by atoms with Crippen LogP contribution in [0.5, 0.6) is 0 Å². The van der Waals surface area contributed by atoms with Crippen LogP contribution in [0.2, 0.25) is 0 Å². The van der Waals surface area contributed by atoms with Crippen molar-refractivity contribution in [2.75, 3.05) is 0 Å². The van der Waals surface area contributed by atoms with Crippen molar-refractivity contribution in [2.45, 2.75) is 6.18 Å². The maximum absolute atomic E-state index is 16.7. The number of aromatic nitrogens is 4. The van der Waals surface area contributed by atoms with E-state index >= 15 is 30.7 Å². The van der Waals surface area contributed by atoms with Crippen molar-refractivity contribution >= 4 is 43.6 Å². The number of hydrogen-bond acceptors (Lipinski definition) is 2. The van der Waals surface area contributed by atoms with E-state index in [-0.39, 0.29) is 11.0 Å². The molecule has 4 aromatic heterocycles. The number of nitrogens with zero attached hydrogens (tertiary/aromatic N) is 4. The van der Waals surface area contributed by atoms with Gasteiger partial charge in [-0.1, -0.05) is 109 Å². The molecule has 0 aliphatic rings. The smallest absolute Gasteiger partial charge is 0.309 e. The highest BCUT2D eigenvalue weighted by molar-refractivity contribution is 6.13. The second kappa shape index (κ2) is 16.7. The molecule has 0 spiro atoms. The van der Waals surface area contributed by atoms with Crippen LogP contribution in [-0.4, -0.2) is 19.1 Å². The number of pyridine rings is 2. The van der Waals surface area contributed by atoms with Gasteiger partial charge in [-0.05, 0) is 95.1 Å². The summed E-state index contributed by atoms with van der Waals surface area (Å²) in [5.74, 6) is -11.6. The summed E-state index contributed by atoms with van der Waals surface area (Å²) in [6.07, 6.45) is -1.99. The minimum Gasteiger partial charge on any atom is -0.309 e. The third-order valence-corrected chi connectivity index (χ3v) is 13.1. The van der Waals surface area contributed by atoms with E-state index in [4.69, 9.17) is 0 Å². The van der Waals surface area contributed by atoms with Gasteiger partial charge in [0.1, 0.15) is 5.56 Å². The molecule has 344 valence electrons. The number of rotatable bonds is 7. The SMILES string of the molecule is Fc1c(F)c(F)c(-c2ccc(-n3c4ccccc4c4cc(-c5ccnc(-c6ccccc6)c5)ccc43)c(C(F)(F)F)c2-n2c3ccccc3c3cc(-c4ccnc(-c5ccccc5)c4)ccc32)c(F)c1F. The summed E-state index contributed by atoms with van der Waals surface area (Å²) in [5.41, 5.74) is 2.11. The predicted octanol–water partition coefficient (Wildman–Crippen LogP) is 16.7. The lowest BCUT2D eigenvalue weighted by Gasteiger charge is -2.25. The van der Waals surface area contributed by atoms with E-state index in [9.17, 15) is 4.39 Å². The third kappa shape index (κ3) is 7.04. The summed E-state index contributed by atoms with van der Waals surface area (Å²) in [6, 6.07) is 52.4. The average molecular weight is 949 g/mol. The van der Waals surface area contributed by atoms with Crippen LogP contribution in [0.15, 0.2) is 194 Å². The van der Waals surface area contributed by atoms with E-state index in [1.165, 1.54) is 9.13 Å². The first-order valence-corrected chi connectivity index (χ1v) is 22.3. The van der Waals surface area contributed by atoms with Gasteiger partial charge in [-0.15, -0.1) is 0 Å². The van der Waals surface area contributed by atoms with Gasteiger partial charge in [-0.25, -0.2) is 22.0 Å². The number of benzene rings is 8. The predicted molar refractivity (Wildman–Crippen MR) is 263 cm³/mol. The van der Waals surface area contributed by atoms with E-state index in [1.807, 2.05) is 84.9 Å². The van der Waals surface area contributed by atoms with Gasteiger partial charge < -0.3 is 9.13 Å². The maximum Gasteiger partial charge on any atom is 0.420 e. The Hall–Kier alpha value is -8.90. The van der Waals surface area contributed by atoms with Crippen LogP contribution in [0.1, 0.15) is 5.56 Å². The number of hydrogen-bond donors (Lipinski definition) is 0. The van der Waals surface area contributed by atoms with Crippen molar-refractivity contribution in [1.29, 1.82) is 0 Å². The van der Waals surface area contributed by atoms with Crippen LogP contribution in [-0.2, 0) is 6.18 Å². The molecule has 12 aromatic rings. The number of fused-ring (bicyclic) bond motifs is 6. The van der Waals surface area contributed by atoms with Crippen LogP contribution in [0, 0.1) is 29.1 Å². The van der Waals surface area contributed by atoms with Gasteiger partial charge >= 0.3 is 6.18 Å². The molecule has 0 saturated heterocycles. The molecule has 0 atom stereocenters. The Bertz CT molecular complexity index is 4080. The van der Waals surface area contributed by atoms with Gasteiger partial charge in [0.05, 0.1) is 50.4 Å². The van der Waals surface area contributed by atoms with Crippen molar-refractivity contribution < 1.29 is 35.1 Å². The van der Waals surface area contributed by atoms with E-state index in [0.717, 1.165) is 45.6 Å². The topological polar surface area (TPSA) is 35.6 Å². The van der Waals surface area contributed by atoms with Gasteiger partial charge in [0.2, 0.25) is 5.82 Å². The van der Waals surface area contributed by atoms with Gasteiger partial charge in [-0.2, -0.15) is 13.2 Å². The van der Waals surface area contributed by atoms with Gasteiger partial charge in [0.15, 0.2) is 23.3 Å². The first kappa shape index (κ1) is 43.4. The molecule has 0 unspecified atom stereocenters. The second-order valence-corrected chi connectivity index (χ2v) is 17.1. The molecule has 0 saturated carbocycles. The van der Waals surface area contributed by atoms with Crippen molar-refractivity contribution in [3.05, 3.63) is 229 Å². The van der Waals surface area contributed by atoms with Crippen LogP contribution in [0.4, 0.5) is 35.1 Å². The molecule has 12 rings (SSSR count). The molecular weight excluding hydrogens is 917 g/mol. The molecule has 0 fully saturated rings. The molecule has 0 aliphatic heterocycles. The quantitative estimate of drug-likeness (QED) is 0.0907. The highest BCUT2D eigenvalue weighted by atomic mass is 19.4. The summed E-state index contributed by atoms with van der Waals surface area (Å²) >= 11 is 0. The van der Waals surface area contributed by atoms with Gasteiger partial charge in [0, 0.05) is 50.6 Å². The lowest BCUT2D eigenvalue weighted by molar-refractivity contribution is -0.137. The Labute approximate surface area is 399 Å². The normalized spacial score (nSPS) is 11.9. The fourth-order valence-corrected chi connectivity index (χ4v) is 9.88. The first-order chi connectivity index (χ1) is 34.5. The van der Waals surface area contributed by atoms with Crippen LogP contribution >= 0.6 is 0 Å². The molecule has 0 aliphatic carbocycles. The fourth-order valence-electron chi connectivity index (χ4n) is 9.88. The van der Waals surface area contributed by atoms with Crippen molar-refractivity contribution in [3.8, 4) is 67.3 Å². The standard InChI is InChI=1S/C59H32F8N4/c60-53-51(54(61)56(63)57(64)55(53)62)41-21-24-50(70-46-17-9-7-15-39(46)42-29-35(19-22-48(42)70)37-25-27-68-44(31-37)33-11-3-1-4-12-33)52(59(65,66)67)58(41)71-47-18-10-8-16-40(47)43-30-36(20-23-49(43)71)38-26-28-69-45(32-38)34-13-5-2-6-14-34/h1-32H. The van der Waals surface area contributed by atoms with E-state index in [2.05, 4.69) is 9.97 Å². The molecular formula is C59H32F8N4. The molecule has 0 N–H and O–H groups in total. The minimum atomic E-state index is -5.32. The Morgan fingerprint density at radius 2 is 0.775 bits per heavy atom. The highest BCUT2D eigenvalue weighted by Gasteiger charge is 2.42. The molecule has 0 amide bonds. The maximum atomic E-state index is 16.7. The Kier molecular flexibility index (Phi) is 10.2. The van der Waals surface area contributed by atoms with Crippen molar-refractivity contribution in [1.82, 2.24) is 19.1 Å². The minimum absolute atomic E-state index is 0.166.